The van der Waals surface area contributed by atoms with Crippen LogP contribution in [0.25, 0.3) is 15.7 Å². The molecule has 1 aromatic carbocycles. The number of rotatable bonds is 5. The Labute approximate surface area is 154 Å². The molecule has 1 amide bonds. The SMILES string of the molecule is CN(Cc1cc2ccccc2s1)C(=O)c1cnn2cc(CCO)cnc12. The smallest absolute Gasteiger partial charge is 0.259 e. The van der Waals surface area contributed by atoms with E-state index in [1.54, 1.807) is 46.4 Å². The van der Waals surface area contributed by atoms with Gasteiger partial charge in [0.15, 0.2) is 5.65 Å². The maximum absolute atomic E-state index is 12.8. The normalized spacial score (nSPS) is 11.3. The van der Waals surface area contributed by atoms with Crippen LogP contribution in [0.15, 0.2) is 48.9 Å². The van der Waals surface area contributed by atoms with Gasteiger partial charge in [-0.1, -0.05) is 18.2 Å². The van der Waals surface area contributed by atoms with E-state index in [0.717, 1.165) is 10.4 Å². The Morgan fingerprint density at radius 3 is 2.96 bits per heavy atom. The molecule has 0 spiro atoms. The largest absolute Gasteiger partial charge is 0.396 e. The lowest BCUT2D eigenvalue weighted by Crippen LogP contribution is -2.25. The second kappa shape index (κ2) is 6.86. The standard InChI is InChI=1S/C19H18N4O2S/c1-22(12-15-8-14-4-2-3-5-17(14)26-15)19(25)16-10-21-23-11-13(6-7-24)9-20-18(16)23/h2-5,8-11,24H,6-7,12H2,1H3. The maximum Gasteiger partial charge on any atom is 0.259 e. The summed E-state index contributed by atoms with van der Waals surface area (Å²) in [7, 11) is 1.79. The first-order valence-electron chi connectivity index (χ1n) is 8.32. The van der Waals surface area contributed by atoms with Crippen LogP contribution >= 0.6 is 11.3 Å². The maximum atomic E-state index is 12.8. The molecule has 0 saturated carbocycles. The summed E-state index contributed by atoms with van der Waals surface area (Å²) in [6.07, 6.45) is 5.53. The van der Waals surface area contributed by atoms with Crippen molar-refractivity contribution in [1.82, 2.24) is 19.5 Å². The summed E-state index contributed by atoms with van der Waals surface area (Å²) in [5.41, 5.74) is 1.88. The zero-order valence-corrected chi connectivity index (χ0v) is 15.1. The fourth-order valence-electron chi connectivity index (χ4n) is 2.95. The molecule has 4 rings (SSSR count). The summed E-state index contributed by atoms with van der Waals surface area (Å²) >= 11 is 1.70. The molecule has 3 aromatic heterocycles. The Bertz CT molecular complexity index is 1050. The molecule has 0 bridgehead atoms. The van der Waals surface area contributed by atoms with Crippen molar-refractivity contribution in [2.75, 3.05) is 13.7 Å². The van der Waals surface area contributed by atoms with Gasteiger partial charge in [-0.25, -0.2) is 9.50 Å². The first-order chi connectivity index (χ1) is 12.7. The van der Waals surface area contributed by atoms with Crippen LogP contribution in [0.5, 0.6) is 0 Å². The van der Waals surface area contributed by atoms with Gasteiger partial charge in [-0.15, -0.1) is 11.3 Å². The molecule has 7 heteroatoms. The summed E-state index contributed by atoms with van der Waals surface area (Å²) in [6, 6.07) is 10.3. The Hall–Kier alpha value is -2.77. The number of aromatic nitrogens is 3. The highest BCUT2D eigenvalue weighted by molar-refractivity contribution is 7.19. The van der Waals surface area contributed by atoms with Gasteiger partial charge >= 0.3 is 0 Å². The molecule has 0 saturated heterocycles. The summed E-state index contributed by atoms with van der Waals surface area (Å²) < 4.78 is 2.81. The van der Waals surface area contributed by atoms with Crippen LogP contribution in [0.1, 0.15) is 20.8 Å². The number of thiophene rings is 1. The van der Waals surface area contributed by atoms with Gasteiger partial charge in [-0.05, 0) is 29.5 Å². The molecule has 0 aliphatic heterocycles. The molecule has 1 N–H and O–H groups in total. The molecular weight excluding hydrogens is 348 g/mol. The van der Waals surface area contributed by atoms with Gasteiger partial charge in [0.05, 0.1) is 12.7 Å². The molecule has 0 aliphatic carbocycles. The number of carbonyl (C=O) groups is 1. The second-order valence-corrected chi connectivity index (χ2v) is 7.34. The van der Waals surface area contributed by atoms with Gasteiger partial charge in [0.25, 0.3) is 5.91 Å². The quantitative estimate of drug-likeness (QED) is 0.590. The summed E-state index contributed by atoms with van der Waals surface area (Å²) in [5, 5.41) is 14.5. The van der Waals surface area contributed by atoms with Crippen LogP contribution in [-0.4, -0.2) is 44.2 Å². The fourth-order valence-corrected chi connectivity index (χ4v) is 4.07. The van der Waals surface area contributed by atoms with Gasteiger partial charge in [0.1, 0.15) is 5.56 Å². The van der Waals surface area contributed by atoms with Crippen molar-refractivity contribution in [3.8, 4) is 0 Å². The molecule has 0 fully saturated rings. The average molecular weight is 366 g/mol. The number of aliphatic hydroxyl groups excluding tert-OH is 1. The Kier molecular flexibility index (Phi) is 4.40. The summed E-state index contributed by atoms with van der Waals surface area (Å²) in [5.74, 6) is -0.111. The van der Waals surface area contributed by atoms with Gasteiger partial charge in [-0.3, -0.25) is 4.79 Å². The van der Waals surface area contributed by atoms with E-state index in [1.165, 1.54) is 10.1 Å². The van der Waals surface area contributed by atoms with Gasteiger partial charge in [0, 0.05) is 35.6 Å². The fraction of sp³-hybridized carbons (Fsp3) is 0.211. The van der Waals surface area contributed by atoms with E-state index in [9.17, 15) is 4.79 Å². The van der Waals surface area contributed by atoms with Crippen LogP contribution in [0.4, 0.5) is 0 Å². The molecular formula is C19H18N4O2S. The third-order valence-corrected chi connectivity index (χ3v) is 5.36. The van der Waals surface area contributed by atoms with Gasteiger partial charge in [0.2, 0.25) is 0 Å². The van der Waals surface area contributed by atoms with Crippen molar-refractivity contribution in [1.29, 1.82) is 0 Å². The first-order valence-corrected chi connectivity index (χ1v) is 9.13. The second-order valence-electron chi connectivity index (χ2n) is 6.17. The van der Waals surface area contributed by atoms with Crippen LogP contribution in [-0.2, 0) is 13.0 Å². The van der Waals surface area contributed by atoms with Crippen LogP contribution in [0.3, 0.4) is 0 Å². The molecule has 0 aliphatic rings. The van der Waals surface area contributed by atoms with E-state index in [4.69, 9.17) is 5.11 Å². The molecule has 0 radical (unpaired) electrons. The minimum Gasteiger partial charge on any atom is -0.396 e. The molecule has 26 heavy (non-hydrogen) atoms. The monoisotopic (exact) mass is 366 g/mol. The van der Waals surface area contributed by atoms with E-state index in [0.29, 0.717) is 24.2 Å². The lowest BCUT2D eigenvalue weighted by Gasteiger charge is -2.15. The first kappa shape index (κ1) is 16.7. The Morgan fingerprint density at radius 1 is 1.31 bits per heavy atom. The minimum atomic E-state index is -0.111. The van der Waals surface area contributed by atoms with E-state index in [2.05, 4.69) is 28.3 Å². The molecule has 3 heterocycles. The highest BCUT2D eigenvalue weighted by Gasteiger charge is 2.19. The van der Waals surface area contributed by atoms with E-state index >= 15 is 0 Å². The van der Waals surface area contributed by atoms with Crippen molar-refractivity contribution in [3.63, 3.8) is 0 Å². The Balaban J connectivity index is 1.57. The predicted molar refractivity (Wildman–Crippen MR) is 101 cm³/mol. The zero-order valence-electron chi connectivity index (χ0n) is 14.3. The number of fused-ring (bicyclic) bond motifs is 2. The van der Waals surface area contributed by atoms with Crippen molar-refractivity contribution < 1.29 is 9.90 Å². The van der Waals surface area contributed by atoms with Crippen molar-refractivity contribution in [2.24, 2.45) is 0 Å². The number of amides is 1. The molecule has 0 atom stereocenters. The van der Waals surface area contributed by atoms with Crippen LogP contribution in [0.2, 0.25) is 0 Å². The highest BCUT2D eigenvalue weighted by atomic mass is 32.1. The highest BCUT2D eigenvalue weighted by Crippen LogP contribution is 2.26. The minimum absolute atomic E-state index is 0.0537. The molecule has 6 nitrogen and oxygen atoms in total. The molecule has 132 valence electrons. The predicted octanol–water partition coefficient (Wildman–Crippen LogP) is 2.75. The lowest BCUT2D eigenvalue weighted by atomic mass is 10.2. The third-order valence-electron chi connectivity index (χ3n) is 4.26. The van der Waals surface area contributed by atoms with Crippen molar-refractivity contribution in [3.05, 3.63) is 64.9 Å². The number of benzene rings is 1. The summed E-state index contributed by atoms with van der Waals surface area (Å²) in [6.45, 7) is 0.594. The van der Waals surface area contributed by atoms with Gasteiger partial charge in [-0.2, -0.15) is 5.10 Å². The van der Waals surface area contributed by atoms with Crippen LogP contribution < -0.4 is 0 Å². The third kappa shape index (κ3) is 3.07. The van der Waals surface area contributed by atoms with E-state index in [-0.39, 0.29) is 12.5 Å². The number of hydrogen-bond acceptors (Lipinski definition) is 5. The summed E-state index contributed by atoms with van der Waals surface area (Å²) in [4.78, 5) is 20.0. The zero-order chi connectivity index (χ0) is 18.1. The van der Waals surface area contributed by atoms with E-state index < -0.39 is 0 Å². The lowest BCUT2D eigenvalue weighted by molar-refractivity contribution is 0.0788. The number of carbonyl (C=O) groups excluding carboxylic acids is 1. The number of nitrogens with zero attached hydrogens (tertiary/aromatic N) is 4. The molecule has 4 aromatic rings. The van der Waals surface area contributed by atoms with Gasteiger partial charge < -0.3 is 10.0 Å². The topological polar surface area (TPSA) is 70.7 Å². The Morgan fingerprint density at radius 2 is 2.15 bits per heavy atom. The number of aliphatic hydroxyl groups is 1. The number of hydrogen-bond donors (Lipinski definition) is 1. The van der Waals surface area contributed by atoms with Crippen molar-refractivity contribution in [2.45, 2.75) is 13.0 Å². The van der Waals surface area contributed by atoms with E-state index in [1.807, 2.05) is 12.1 Å². The van der Waals surface area contributed by atoms with Crippen molar-refractivity contribution >= 4 is 33.0 Å². The van der Waals surface area contributed by atoms with Crippen LogP contribution in [0, 0.1) is 0 Å². The molecule has 0 unspecified atom stereocenters. The average Bonchev–Trinajstić information content (AvgIpc) is 3.24.